The average molecular weight is 578 g/mol. The zero-order valence-corrected chi connectivity index (χ0v) is 22.2. The Bertz CT molecular complexity index is 1410. The number of alkyl halides is 3. The quantitative estimate of drug-likeness (QED) is 0.325. The SMILES string of the molecule is O=C(C1=CC=C(c2ccc(OCc3cc(C(F)(F)F)nn3-c3c(Cl)cccc3Cl)cc2)CC1)N1CCOCC1. The Labute approximate surface area is 233 Å². The van der Waals surface area contributed by atoms with Gasteiger partial charge in [-0.05, 0) is 54.3 Å². The fraction of sp³-hybridized carbons (Fsp3) is 0.286. The van der Waals surface area contributed by atoms with Gasteiger partial charge in [0.05, 0.1) is 29.0 Å². The highest BCUT2D eigenvalue weighted by atomic mass is 35.5. The van der Waals surface area contributed by atoms with Crippen molar-refractivity contribution in [2.24, 2.45) is 0 Å². The number of carbonyl (C=O) groups is 1. The Morgan fingerprint density at radius 1 is 1.00 bits per heavy atom. The molecule has 1 aromatic heterocycles. The van der Waals surface area contributed by atoms with E-state index in [1.54, 1.807) is 18.2 Å². The molecule has 0 spiro atoms. The highest BCUT2D eigenvalue weighted by molar-refractivity contribution is 6.37. The minimum Gasteiger partial charge on any atom is -0.487 e. The normalized spacial score (nSPS) is 16.1. The lowest BCUT2D eigenvalue weighted by molar-refractivity contribution is -0.141. The molecule has 0 N–H and O–H groups in total. The number of hydrogen-bond donors (Lipinski definition) is 0. The fourth-order valence-electron chi connectivity index (χ4n) is 4.49. The van der Waals surface area contributed by atoms with Crippen molar-refractivity contribution >= 4 is 34.7 Å². The Balaban J connectivity index is 1.29. The van der Waals surface area contributed by atoms with Crippen molar-refractivity contribution in [1.82, 2.24) is 14.7 Å². The minimum atomic E-state index is -4.65. The van der Waals surface area contributed by atoms with Gasteiger partial charge in [0.1, 0.15) is 18.0 Å². The van der Waals surface area contributed by atoms with Crippen molar-refractivity contribution in [3.8, 4) is 11.4 Å². The molecule has 5 rings (SSSR count). The molecule has 2 aliphatic rings. The van der Waals surface area contributed by atoms with Crippen LogP contribution in [-0.2, 0) is 22.3 Å². The van der Waals surface area contributed by atoms with Gasteiger partial charge in [-0.3, -0.25) is 4.79 Å². The van der Waals surface area contributed by atoms with Crippen molar-refractivity contribution in [2.45, 2.75) is 25.6 Å². The summed E-state index contributed by atoms with van der Waals surface area (Å²) in [6.45, 7) is 2.15. The highest BCUT2D eigenvalue weighted by Crippen LogP contribution is 2.34. The van der Waals surface area contributed by atoms with Crippen LogP contribution >= 0.6 is 23.2 Å². The maximum Gasteiger partial charge on any atom is 0.435 e. The average Bonchev–Trinajstić information content (AvgIpc) is 3.37. The Morgan fingerprint density at radius 2 is 1.69 bits per heavy atom. The number of benzene rings is 2. The van der Waals surface area contributed by atoms with Crippen LogP contribution in [0.2, 0.25) is 10.0 Å². The predicted molar refractivity (Wildman–Crippen MR) is 142 cm³/mol. The third-order valence-electron chi connectivity index (χ3n) is 6.56. The van der Waals surface area contributed by atoms with Crippen LogP contribution in [0.4, 0.5) is 13.2 Å². The Morgan fingerprint density at radius 3 is 2.31 bits per heavy atom. The van der Waals surface area contributed by atoms with Gasteiger partial charge in [0.15, 0.2) is 5.69 Å². The first-order chi connectivity index (χ1) is 18.7. The van der Waals surface area contributed by atoms with Gasteiger partial charge < -0.3 is 14.4 Å². The topological polar surface area (TPSA) is 56.6 Å². The Kier molecular flexibility index (Phi) is 8.02. The summed E-state index contributed by atoms with van der Waals surface area (Å²) < 4.78 is 52.5. The van der Waals surface area contributed by atoms with Crippen molar-refractivity contribution < 1.29 is 27.4 Å². The zero-order valence-electron chi connectivity index (χ0n) is 20.7. The maximum absolute atomic E-state index is 13.4. The third kappa shape index (κ3) is 6.16. The smallest absolute Gasteiger partial charge is 0.435 e. The molecule has 0 saturated carbocycles. The van der Waals surface area contributed by atoms with Gasteiger partial charge in [-0.2, -0.15) is 18.3 Å². The second-order valence-electron chi connectivity index (χ2n) is 9.10. The number of allylic oxidation sites excluding steroid dienone is 3. The van der Waals surface area contributed by atoms with Gasteiger partial charge in [0.2, 0.25) is 5.91 Å². The summed E-state index contributed by atoms with van der Waals surface area (Å²) in [5.41, 5.74) is 2.06. The number of rotatable bonds is 6. The molecule has 1 aliphatic carbocycles. The summed E-state index contributed by atoms with van der Waals surface area (Å²) in [7, 11) is 0. The van der Waals surface area contributed by atoms with Crippen LogP contribution < -0.4 is 4.74 Å². The molecule has 2 aromatic carbocycles. The molecule has 0 unspecified atom stereocenters. The number of para-hydroxylation sites is 1. The zero-order chi connectivity index (χ0) is 27.6. The molecule has 1 amide bonds. The third-order valence-corrected chi connectivity index (χ3v) is 7.17. The first-order valence-electron chi connectivity index (χ1n) is 12.3. The van der Waals surface area contributed by atoms with Crippen LogP contribution in [0.5, 0.6) is 5.75 Å². The lowest BCUT2D eigenvalue weighted by atomic mass is 9.92. The summed E-state index contributed by atoms with van der Waals surface area (Å²) in [6, 6.07) is 12.8. The predicted octanol–water partition coefficient (Wildman–Crippen LogP) is 6.74. The minimum absolute atomic E-state index is 0.0587. The van der Waals surface area contributed by atoms with E-state index in [1.807, 2.05) is 29.2 Å². The highest BCUT2D eigenvalue weighted by Gasteiger charge is 2.35. The number of morpholine rings is 1. The van der Waals surface area contributed by atoms with Crippen molar-refractivity contribution in [1.29, 1.82) is 0 Å². The molecule has 204 valence electrons. The monoisotopic (exact) mass is 577 g/mol. The van der Waals surface area contributed by atoms with Gasteiger partial charge in [-0.1, -0.05) is 53.6 Å². The molecular weight excluding hydrogens is 554 g/mol. The fourth-order valence-corrected chi connectivity index (χ4v) is 5.05. The van der Waals surface area contributed by atoms with Crippen LogP contribution in [0.3, 0.4) is 0 Å². The molecule has 6 nitrogen and oxygen atoms in total. The molecule has 3 aromatic rings. The van der Waals surface area contributed by atoms with Crippen molar-refractivity contribution in [3.63, 3.8) is 0 Å². The first kappa shape index (κ1) is 27.3. The van der Waals surface area contributed by atoms with Crippen molar-refractivity contribution in [2.75, 3.05) is 26.3 Å². The van der Waals surface area contributed by atoms with Crippen LogP contribution in [0.1, 0.15) is 29.8 Å². The first-order valence-corrected chi connectivity index (χ1v) is 13.1. The van der Waals surface area contributed by atoms with E-state index < -0.39 is 11.9 Å². The molecule has 0 atom stereocenters. The molecular formula is C28H24Cl2F3N3O3. The molecule has 1 aliphatic heterocycles. The second-order valence-corrected chi connectivity index (χ2v) is 9.92. The summed E-state index contributed by atoms with van der Waals surface area (Å²) >= 11 is 12.5. The summed E-state index contributed by atoms with van der Waals surface area (Å²) in [5, 5.41) is 4.03. The number of nitrogens with zero attached hydrogens (tertiary/aromatic N) is 3. The van der Waals surface area contributed by atoms with Gasteiger partial charge >= 0.3 is 6.18 Å². The van der Waals surface area contributed by atoms with Crippen LogP contribution in [-0.4, -0.2) is 46.9 Å². The van der Waals surface area contributed by atoms with E-state index in [0.29, 0.717) is 38.5 Å². The molecule has 0 bridgehead atoms. The maximum atomic E-state index is 13.4. The second kappa shape index (κ2) is 11.5. The molecule has 0 radical (unpaired) electrons. The van der Waals surface area contributed by atoms with E-state index in [4.69, 9.17) is 32.7 Å². The number of amides is 1. The standard InChI is InChI=1S/C28H24Cl2F3N3O3/c29-23-2-1-3-24(30)26(23)36-21(16-25(34-36)28(31,32)33)17-39-22-10-8-19(9-11-22)18-4-6-20(7-5-18)27(37)35-12-14-38-15-13-35/h1-4,6,8-11,16H,5,7,12-15,17H2. The molecule has 2 heterocycles. The molecule has 39 heavy (non-hydrogen) atoms. The summed E-state index contributed by atoms with van der Waals surface area (Å²) in [4.78, 5) is 14.5. The Hall–Kier alpha value is -3.27. The van der Waals surface area contributed by atoms with E-state index in [-0.39, 0.29) is 33.9 Å². The van der Waals surface area contributed by atoms with E-state index in [1.165, 1.54) is 12.1 Å². The summed E-state index contributed by atoms with van der Waals surface area (Å²) in [5.74, 6) is 0.531. The van der Waals surface area contributed by atoms with E-state index >= 15 is 0 Å². The number of hydrogen-bond acceptors (Lipinski definition) is 4. The lowest BCUT2D eigenvalue weighted by Gasteiger charge is -2.28. The van der Waals surface area contributed by atoms with Gasteiger partial charge in [-0.15, -0.1) is 0 Å². The number of ether oxygens (including phenoxy) is 2. The summed E-state index contributed by atoms with van der Waals surface area (Å²) in [6.07, 6.45) is 0.554. The van der Waals surface area contributed by atoms with Crippen LogP contribution in [0.25, 0.3) is 11.3 Å². The van der Waals surface area contributed by atoms with Crippen LogP contribution in [0, 0.1) is 0 Å². The number of halogens is 5. The lowest BCUT2D eigenvalue weighted by Crippen LogP contribution is -2.41. The van der Waals surface area contributed by atoms with Gasteiger partial charge in [0.25, 0.3) is 0 Å². The van der Waals surface area contributed by atoms with E-state index in [9.17, 15) is 18.0 Å². The number of aromatic nitrogens is 2. The number of carbonyl (C=O) groups excluding carboxylic acids is 1. The largest absolute Gasteiger partial charge is 0.487 e. The molecule has 1 saturated heterocycles. The van der Waals surface area contributed by atoms with Gasteiger partial charge in [-0.25, -0.2) is 4.68 Å². The van der Waals surface area contributed by atoms with Crippen LogP contribution in [0.15, 0.2) is 66.3 Å². The van der Waals surface area contributed by atoms with Gasteiger partial charge in [0, 0.05) is 18.7 Å². The van der Waals surface area contributed by atoms with Crippen molar-refractivity contribution in [3.05, 3.63) is 93.3 Å². The van der Waals surface area contributed by atoms with E-state index in [0.717, 1.165) is 33.9 Å². The van der Waals surface area contributed by atoms with E-state index in [2.05, 4.69) is 5.10 Å². The molecule has 11 heteroatoms. The molecule has 1 fully saturated rings.